The maximum absolute atomic E-state index is 13.8. The summed E-state index contributed by atoms with van der Waals surface area (Å²) in [6, 6.07) is 10.1. The second-order valence-corrected chi connectivity index (χ2v) is 4.79. The zero-order valence-corrected chi connectivity index (χ0v) is 11.8. The van der Waals surface area contributed by atoms with Gasteiger partial charge in [-0.3, -0.25) is 0 Å². The fraction of sp³-hybridized carbons (Fsp3) is 0.0667. The van der Waals surface area contributed by atoms with Crippen molar-refractivity contribution >= 4 is 17.3 Å². The van der Waals surface area contributed by atoms with Gasteiger partial charge in [0, 0.05) is 35.7 Å². The molecule has 3 aromatic rings. The maximum atomic E-state index is 13.8. The third-order valence-corrected chi connectivity index (χ3v) is 3.38. The van der Waals surface area contributed by atoms with E-state index in [-0.39, 0.29) is 12.4 Å². The van der Waals surface area contributed by atoms with Gasteiger partial charge < -0.3 is 5.32 Å². The van der Waals surface area contributed by atoms with Crippen LogP contribution in [-0.4, -0.2) is 14.8 Å². The van der Waals surface area contributed by atoms with Crippen LogP contribution in [0.25, 0.3) is 5.82 Å². The molecule has 106 valence electrons. The summed E-state index contributed by atoms with van der Waals surface area (Å²) < 4.78 is 15.4. The highest BCUT2D eigenvalue weighted by atomic mass is 35.5. The highest BCUT2D eigenvalue weighted by molar-refractivity contribution is 6.31. The number of nitrogens with zero attached hydrogens (tertiary/aromatic N) is 3. The monoisotopic (exact) mass is 302 g/mol. The second-order valence-electron chi connectivity index (χ2n) is 4.38. The van der Waals surface area contributed by atoms with Crippen molar-refractivity contribution in [2.45, 2.75) is 6.54 Å². The molecule has 1 N–H and O–H groups in total. The summed E-state index contributed by atoms with van der Waals surface area (Å²) >= 11 is 6.02. The Bertz CT molecular complexity index is 723. The van der Waals surface area contributed by atoms with Gasteiger partial charge in [-0.2, -0.15) is 5.10 Å². The van der Waals surface area contributed by atoms with Crippen molar-refractivity contribution < 1.29 is 4.39 Å². The molecular weight excluding hydrogens is 291 g/mol. The van der Waals surface area contributed by atoms with E-state index in [0.29, 0.717) is 16.4 Å². The molecule has 0 saturated carbocycles. The molecule has 3 rings (SSSR count). The van der Waals surface area contributed by atoms with Gasteiger partial charge >= 0.3 is 0 Å². The summed E-state index contributed by atoms with van der Waals surface area (Å²) in [7, 11) is 0. The summed E-state index contributed by atoms with van der Waals surface area (Å²) in [6.45, 7) is 0.269. The number of nitrogens with one attached hydrogen (secondary N) is 1. The highest BCUT2D eigenvalue weighted by Gasteiger charge is 2.09. The number of hydrogen-bond acceptors (Lipinski definition) is 3. The van der Waals surface area contributed by atoms with E-state index in [1.807, 2.05) is 12.1 Å². The Kier molecular flexibility index (Phi) is 3.83. The molecule has 0 radical (unpaired) electrons. The van der Waals surface area contributed by atoms with Gasteiger partial charge in [0.15, 0.2) is 5.82 Å². The normalized spacial score (nSPS) is 10.6. The Balaban J connectivity index is 1.86. The second kappa shape index (κ2) is 5.93. The average Bonchev–Trinajstić information content (AvgIpc) is 3.01. The molecule has 1 aromatic carbocycles. The lowest BCUT2D eigenvalue weighted by atomic mass is 10.2. The molecular formula is C15H12ClFN4. The van der Waals surface area contributed by atoms with E-state index >= 15 is 0 Å². The number of aromatic nitrogens is 3. The molecule has 0 aliphatic carbocycles. The van der Waals surface area contributed by atoms with E-state index in [1.165, 1.54) is 6.07 Å². The predicted molar refractivity (Wildman–Crippen MR) is 80.1 cm³/mol. The number of pyridine rings is 1. The molecule has 0 unspecified atom stereocenters. The summed E-state index contributed by atoms with van der Waals surface area (Å²) in [5.74, 6) is 0.314. The first-order valence-electron chi connectivity index (χ1n) is 6.37. The van der Waals surface area contributed by atoms with Crippen molar-refractivity contribution in [2.75, 3.05) is 5.32 Å². The van der Waals surface area contributed by atoms with Gasteiger partial charge in [0.2, 0.25) is 0 Å². The summed E-state index contributed by atoms with van der Waals surface area (Å²) in [6.07, 6.45) is 5.15. The van der Waals surface area contributed by atoms with Crippen LogP contribution in [0.15, 0.2) is 55.0 Å². The largest absolute Gasteiger partial charge is 0.378 e. The standard InChI is InChI=1S/C15H12ClFN4/c16-12-4-1-5-13(17)11(12)10-19-14-6-2-7-18-15(14)21-9-3-8-20-21/h1-9,19H,10H2. The number of benzene rings is 1. The van der Waals surface area contributed by atoms with Crippen molar-refractivity contribution in [3.05, 3.63) is 71.4 Å². The van der Waals surface area contributed by atoms with Crippen molar-refractivity contribution in [1.29, 1.82) is 0 Å². The van der Waals surface area contributed by atoms with E-state index in [2.05, 4.69) is 15.4 Å². The Hall–Kier alpha value is -2.40. The Morgan fingerprint density at radius 1 is 1.14 bits per heavy atom. The molecule has 4 nitrogen and oxygen atoms in total. The molecule has 2 heterocycles. The predicted octanol–water partition coefficient (Wildman–Crippen LogP) is 3.67. The van der Waals surface area contributed by atoms with Crippen molar-refractivity contribution in [3.63, 3.8) is 0 Å². The van der Waals surface area contributed by atoms with Crippen molar-refractivity contribution in [3.8, 4) is 5.82 Å². The van der Waals surface area contributed by atoms with Gasteiger partial charge in [-0.25, -0.2) is 14.1 Å². The lowest BCUT2D eigenvalue weighted by Gasteiger charge is -2.12. The number of halogens is 2. The van der Waals surface area contributed by atoms with Crippen LogP contribution in [0.2, 0.25) is 5.02 Å². The van der Waals surface area contributed by atoms with E-state index in [4.69, 9.17) is 11.6 Å². The van der Waals surface area contributed by atoms with Crippen molar-refractivity contribution in [1.82, 2.24) is 14.8 Å². The van der Waals surface area contributed by atoms with Gasteiger partial charge in [0.25, 0.3) is 0 Å². The number of rotatable bonds is 4. The first kappa shape index (κ1) is 13.6. The molecule has 6 heteroatoms. The van der Waals surface area contributed by atoms with Gasteiger partial charge in [0.05, 0.1) is 5.69 Å². The molecule has 0 atom stereocenters. The summed E-state index contributed by atoms with van der Waals surface area (Å²) in [5.41, 5.74) is 1.18. The topological polar surface area (TPSA) is 42.7 Å². The van der Waals surface area contributed by atoms with Crippen LogP contribution in [0.3, 0.4) is 0 Å². The minimum absolute atomic E-state index is 0.269. The third-order valence-electron chi connectivity index (χ3n) is 3.03. The van der Waals surface area contributed by atoms with E-state index in [9.17, 15) is 4.39 Å². The Labute approximate surface area is 126 Å². The van der Waals surface area contributed by atoms with Crippen LogP contribution in [0.1, 0.15) is 5.56 Å². The molecule has 0 bridgehead atoms. The zero-order valence-electron chi connectivity index (χ0n) is 11.0. The Morgan fingerprint density at radius 3 is 2.81 bits per heavy atom. The molecule has 0 aliphatic rings. The van der Waals surface area contributed by atoms with E-state index < -0.39 is 0 Å². The number of hydrogen-bond donors (Lipinski definition) is 1. The minimum atomic E-state index is -0.334. The van der Waals surface area contributed by atoms with Crippen molar-refractivity contribution in [2.24, 2.45) is 0 Å². The summed E-state index contributed by atoms with van der Waals surface area (Å²) in [4.78, 5) is 4.29. The fourth-order valence-corrected chi connectivity index (χ4v) is 2.23. The molecule has 0 aliphatic heterocycles. The van der Waals surface area contributed by atoms with Crippen LogP contribution < -0.4 is 5.32 Å². The molecule has 0 fully saturated rings. The fourth-order valence-electron chi connectivity index (χ4n) is 2.00. The first-order valence-corrected chi connectivity index (χ1v) is 6.75. The molecule has 0 spiro atoms. The van der Waals surface area contributed by atoms with Gasteiger partial charge in [-0.15, -0.1) is 0 Å². The minimum Gasteiger partial charge on any atom is -0.378 e. The molecule has 2 aromatic heterocycles. The van der Waals surface area contributed by atoms with Gasteiger partial charge in [-0.05, 0) is 30.3 Å². The molecule has 21 heavy (non-hydrogen) atoms. The SMILES string of the molecule is Fc1cccc(Cl)c1CNc1cccnc1-n1cccn1. The lowest BCUT2D eigenvalue weighted by molar-refractivity contribution is 0.613. The smallest absolute Gasteiger partial charge is 0.176 e. The third kappa shape index (κ3) is 2.87. The number of anilines is 1. The van der Waals surface area contributed by atoms with Crippen LogP contribution >= 0.6 is 11.6 Å². The van der Waals surface area contributed by atoms with Crippen LogP contribution in [-0.2, 0) is 6.54 Å². The Morgan fingerprint density at radius 2 is 2.05 bits per heavy atom. The van der Waals surface area contributed by atoms with E-state index in [1.54, 1.807) is 41.5 Å². The summed E-state index contributed by atoms with van der Waals surface area (Å²) in [5, 5.41) is 7.70. The quantitative estimate of drug-likeness (QED) is 0.799. The van der Waals surface area contributed by atoms with Crippen LogP contribution in [0.5, 0.6) is 0 Å². The molecule has 0 amide bonds. The van der Waals surface area contributed by atoms with Crippen LogP contribution in [0, 0.1) is 5.82 Å². The average molecular weight is 303 g/mol. The maximum Gasteiger partial charge on any atom is 0.176 e. The van der Waals surface area contributed by atoms with Gasteiger partial charge in [0.1, 0.15) is 5.82 Å². The zero-order chi connectivity index (χ0) is 14.7. The molecule has 0 saturated heterocycles. The van der Waals surface area contributed by atoms with Crippen LogP contribution in [0.4, 0.5) is 10.1 Å². The highest BCUT2D eigenvalue weighted by Crippen LogP contribution is 2.22. The lowest BCUT2D eigenvalue weighted by Crippen LogP contribution is -2.08. The first-order chi connectivity index (χ1) is 10.3. The van der Waals surface area contributed by atoms with E-state index in [0.717, 1.165) is 5.69 Å². The van der Waals surface area contributed by atoms with Gasteiger partial charge in [-0.1, -0.05) is 17.7 Å².